The fourth-order valence-corrected chi connectivity index (χ4v) is 1.39. The molecule has 1 aromatic rings. The van der Waals surface area contributed by atoms with E-state index in [9.17, 15) is 9.59 Å². The van der Waals surface area contributed by atoms with Gasteiger partial charge in [-0.05, 0) is 28.1 Å². The number of nitrogens with one attached hydrogen (secondary N) is 2. The highest BCUT2D eigenvalue weighted by Crippen LogP contribution is 2.20. The number of carbonyl (C=O) groups is 2. The molecule has 0 bridgehead atoms. The number of nitrogens with two attached hydrogens (primary N) is 1. The van der Waals surface area contributed by atoms with Gasteiger partial charge in [0.15, 0.2) is 0 Å². The van der Waals surface area contributed by atoms with Crippen molar-refractivity contribution < 1.29 is 9.59 Å². The van der Waals surface area contributed by atoms with E-state index in [1.54, 1.807) is 12.1 Å². The van der Waals surface area contributed by atoms with Gasteiger partial charge in [0.2, 0.25) is 11.8 Å². The maximum absolute atomic E-state index is 11.4. The molecule has 2 amide bonds. The quantitative estimate of drug-likeness (QED) is 0.752. The van der Waals surface area contributed by atoms with Crippen molar-refractivity contribution in [1.82, 2.24) is 5.32 Å². The monoisotopic (exact) mass is 285 g/mol. The van der Waals surface area contributed by atoms with E-state index in [-0.39, 0.29) is 24.9 Å². The van der Waals surface area contributed by atoms with Gasteiger partial charge in [-0.25, -0.2) is 0 Å². The first kappa shape index (κ1) is 12.7. The lowest BCUT2D eigenvalue weighted by atomic mass is 10.3. The van der Waals surface area contributed by atoms with Gasteiger partial charge in [-0.2, -0.15) is 0 Å². The Hall–Kier alpha value is -1.40. The van der Waals surface area contributed by atoms with Crippen LogP contribution in [0.3, 0.4) is 0 Å². The predicted octanol–water partition coefficient (Wildman–Crippen LogP) is 0.463. The molecular weight excluding hydrogens is 274 g/mol. The number of benzene rings is 1. The second-order valence-electron chi connectivity index (χ2n) is 3.01. The van der Waals surface area contributed by atoms with Crippen LogP contribution in [-0.2, 0) is 9.59 Å². The summed E-state index contributed by atoms with van der Waals surface area (Å²) in [5, 5.41) is 5.03. The van der Waals surface area contributed by atoms with E-state index in [4.69, 9.17) is 5.73 Å². The average Bonchev–Trinajstić information content (AvgIpc) is 2.29. The zero-order chi connectivity index (χ0) is 12.0. The number of hydrogen-bond acceptors (Lipinski definition) is 3. The van der Waals surface area contributed by atoms with Crippen LogP contribution >= 0.6 is 15.9 Å². The first-order valence-corrected chi connectivity index (χ1v) is 5.44. The van der Waals surface area contributed by atoms with Crippen LogP contribution in [0.15, 0.2) is 28.7 Å². The van der Waals surface area contributed by atoms with Crippen molar-refractivity contribution in [1.29, 1.82) is 0 Å². The highest BCUT2D eigenvalue weighted by atomic mass is 79.9. The van der Waals surface area contributed by atoms with E-state index in [0.717, 1.165) is 4.47 Å². The standard InChI is InChI=1S/C10H12BrN3O2/c11-7-3-1-2-4-8(7)14-10(16)6-13-9(15)5-12/h1-4H,5-6,12H2,(H,13,15)(H,14,16). The van der Waals surface area contributed by atoms with Crippen molar-refractivity contribution in [2.24, 2.45) is 5.73 Å². The Balaban J connectivity index is 2.46. The number of halogens is 1. The lowest BCUT2D eigenvalue weighted by Gasteiger charge is -2.07. The molecule has 1 aromatic carbocycles. The fraction of sp³-hybridized carbons (Fsp3) is 0.200. The highest BCUT2D eigenvalue weighted by molar-refractivity contribution is 9.10. The number of hydrogen-bond donors (Lipinski definition) is 3. The lowest BCUT2D eigenvalue weighted by Crippen LogP contribution is -2.36. The molecule has 0 aliphatic carbocycles. The largest absolute Gasteiger partial charge is 0.346 e. The Bertz CT molecular complexity index is 395. The smallest absolute Gasteiger partial charge is 0.243 e. The molecule has 0 saturated carbocycles. The SMILES string of the molecule is NCC(=O)NCC(=O)Nc1ccccc1Br. The highest BCUT2D eigenvalue weighted by Gasteiger charge is 2.05. The van der Waals surface area contributed by atoms with Crippen molar-refractivity contribution >= 4 is 33.4 Å². The number of para-hydroxylation sites is 1. The molecule has 0 spiro atoms. The molecule has 0 heterocycles. The van der Waals surface area contributed by atoms with Crippen molar-refractivity contribution in [3.05, 3.63) is 28.7 Å². The van der Waals surface area contributed by atoms with Crippen molar-refractivity contribution in [3.8, 4) is 0 Å². The second kappa shape index (κ2) is 6.24. The molecule has 4 N–H and O–H groups in total. The zero-order valence-corrected chi connectivity index (χ0v) is 10.1. The molecular formula is C10H12BrN3O2. The Morgan fingerprint density at radius 1 is 1.25 bits per heavy atom. The van der Waals surface area contributed by atoms with Crippen LogP contribution in [0.4, 0.5) is 5.69 Å². The number of amides is 2. The van der Waals surface area contributed by atoms with Gasteiger partial charge in [-0.15, -0.1) is 0 Å². The van der Waals surface area contributed by atoms with Crippen LogP contribution in [-0.4, -0.2) is 24.9 Å². The molecule has 0 aromatic heterocycles. The Morgan fingerprint density at radius 3 is 2.56 bits per heavy atom. The second-order valence-corrected chi connectivity index (χ2v) is 3.86. The third-order valence-corrected chi connectivity index (χ3v) is 2.47. The molecule has 16 heavy (non-hydrogen) atoms. The minimum atomic E-state index is -0.359. The van der Waals surface area contributed by atoms with Crippen LogP contribution in [0.2, 0.25) is 0 Å². The molecule has 86 valence electrons. The first-order valence-electron chi connectivity index (χ1n) is 4.64. The Labute approximate surface area is 102 Å². The molecule has 0 unspecified atom stereocenters. The maximum Gasteiger partial charge on any atom is 0.243 e. The van der Waals surface area contributed by atoms with E-state index < -0.39 is 0 Å². The van der Waals surface area contributed by atoms with Crippen LogP contribution in [0, 0.1) is 0 Å². The van der Waals surface area contributed by atoms with Crippen molar-refractivity contribution in [2.75, 3.05) is 18.4 Å². The molecule has 0 radical (unpaired) electrons. The molecule has 1 rings (SSSR count). The number of anilines is 1. The third-order valence-electron chi connectivity index (χ3n) is 1.78. The molecule has 0 aliphatic heterocycles. The summed E-state index contributed by atoms with van der Waals surface area (Å²) in [6.07, 6.45) is 0. The molecule has 0 aliphatic rings. The minimum absolute atomic E-state index is 0.0859. The summed E-state index contributed by atoms with van der Waals surface area (Å²) < 4.78 is 0.786. The van der Waals surface area contributed by atoms with Gasteiger partial charge in [-0.1, -0.05) is 12.1 Å². The Kier molecular flexibility index (Phi) is 4.94. The van der Waals surface area contributed by atoms with E-state index >= 15 is 0 Å². The zero-order valence-electron chi connectivity index (χ0n) is 8.50. The van der Waals surface area contributed by atoms with Crippen LogP contribution in [0.25, 0.3) is 0 Å². The van der Waals surface area contributed by atoms with E-state index in [0.29, 0.717) is 5.69 Å². The molecule has 0 saturated heterocycles. The summed E-state index contributed by atoms with van der Waals surface area (Å²) in [5.74, 6) is -0.657. The van der Waals surface area contributed by atoms with Crippen LogP contribution < -0.4 is 16.4 Å². The van der Waals surface area contributed by atoms with E-state index in [2.05, 4.69) is 26.6 Å². The van der Waals surface area contributed by atoms with Crippen molar-refractivity contribution in [3.63, 3.8) is 0 Å². The third kappa shape index (κ3) is 4.00. The van der Waals surface area contributed by atoms with Gasteiger partial charge >= 0.3 is 0 Å². The molecule has 6 heteroatoms. The molecule has 5 nitrogen and oxygen atoms in total. The topological polar surface area (TPSA) is 84.2 Å². The van der Waals surface area contributed by atoms with Gasteiger partial charge in [0, 0.05) is 4.47 Å². The molecule has 0 atom stereocenters. The summed E-state index contributed by atoms with van der Waals surface area (Å²) in [4.78, 5) is 22.2. The van der Waals surface area contributed by atoms with Gasteiger partial charge in [0.05, 0.1) is 18.8 Å². The van der Waals surface area contributed by atoms with Crippen molar-refractivity contribution in [2.45, 2.75) is 0 Å². The van der Waals surface area contributed by atoms with Gasteiger partial charge in [0.1, 0.15) is 0 Å². The number of rotatable bonds is 4. The lowest BCUT2D eigenvalue weighted by molar-refractivity contribution is -0.123. The fourth-order valence-electron chi connectivity index (χ4n) is 1.01. The Morgan fingerprint density at radius 2 is 1.94 bits per heavy atom. The van der Waals surface area contributed by atoms with E-state index in [1.165, 1.54) is 0 Å². The first-order chi connectivity index (χ1) is 7.63. The summed E-state index contributed by atoms with van der Waals surface area (Å²) in [7, 11) is 0. The summed E-state index contributed by atoms with van der Waals surface area (Å²) in [6.45, 7) is -0.209. The number of carbonyl (C=O) groups excluding carboxylic acids is 2. The van der Waals surface area contributed by atoms with Crippen LogP contribution in [0.1, 0.15) is 0 Å². The summed E-state index contributed by atoms with van der Waals surface area (Å²) in [5.41, 5.74) is 5.75. The van der Waals surface area contributed by atoms with E-state index in [1.807, 2.05) is 12.1 Å². The van der Waals surface area contributed by atoms with Gasteiger partial charge in [-0.3, -0.25) is 9.59 Å². The van der Waals surface area contributed by atoms with Crippen LogP contribution in [0.5, 0.6) is 0 Å². The summed E-state index contributed by atoms with van der Waals surface area (Å²) in [6, 6.07) is 7.22. The van der Waals surface area contributed by atoms with Gasteiger partial charge in [0.25, 0.3) is 0 Å². The maximum atomic E-state index is 11.4. The minimum Gasteiger partial charge on any atom is -0.346 e. The molecule has 0 fully saturated rings. The predicted molar refractivity (Wildman–Crippen MR) is 64.8 cm³/mol. The normalized spacial score (nSPS) is 9.62. The van der Waals surface area contributed by atoms with Gasteiger partial charge < -0.3 is 16.4 Å². The average molecular weight is 286 g/mol. The summed E-state index contributed by atoms with van der Waals surface area (Å²) >= 11 is 3.30.